The number of rotatable bonds is 3. The Bertz CT molecular complexity index is 794. The molecule has 7 heteroatoms. The monoisotopic (exact) mass is 352 g/mol. The molecule has 0 fully saturated rings. The van der Waals surface area contributed by atoms with Gasteiger partial charge >= 0.3 is 0 Å². The van der Waals surface area contributed by atoms with Gasteiger partial charge in [0, 0.05) is 17.2 Å². The predicted octanol–water partition coefficient (Wildman–Crippen LogP) is 4.57. The molecule has 128 valence electrons. The molecule has 0 aliphatic rings. The summed E-state index contributed by atoms with van der Waals surface area (Å²) in [6.45, 7) is 7.11. The van der Waals surface area contributed by atoms with E-state index in [1.807, 2.05) is 0 Å². The summed E-state index contributed by atoms with van der Waals surface area (Å²) in [5, 5.41) is 5.84. The lowest BCUT2D eigenvalue weighted by molar-refractivity contribution is -0.123. The van der Waals surface area contributed by atoms with Crippen molar-refractivity contribution in [2.24, 2.45) is 5.41 Å². The van der Waals surface area contributed by atoms with Gasteiger partial charge in [-0.15, -0.1) is 11.3 Å². The Morgan fingerprint density at radius 1 is 1.04 bits per heavy atom. The number of anilines is 2. The third kappa shape index (κ3) is 4.17. The van der Waals surface area contributed by atoms with Crippen LogP contribution in [0.25, 0.3) is 0 Å². The summed E-state index contributed by atoms with van der Waals surface area (Å²) in [6.07, 6.45) is 0. The van der Waals surface area contributed by atoms with Crippen LogP contribution in [0, 0.1) is 24.0 Å². The number of hydrogen-bond donors (Lipinski definition) is 2. The van der Waals surface area contributed by atoms with E-state index in [9.17, 15) is 18.4 Å². The van der Waals surface area contributed by atoms with Crippen LogP contribution in [-0.2, 0) is 4.79 Å². The molecular formula is C17H18F2N2O2S. The van der Waals surface area contributed by atoms with E-state index in [4.69, 9.17) is 0 Å². The van der Waals surface area contributed by atoms with Crippen LogP contribution >= 0.6 is 11.3 Å². The first kappa shape index (κ1) is 18.1. The summed E-state index contributed by atoms with van der Waals surface area (Å²) in [5.41, 5.74) is 0.294. The smallest absolute Gasteiger partial charge is 0.266 e. The van der Waals surface area contributed by atoms with E-state index in [1.165, 1.54) is 6.07 Å². The molecule has 2 rings (SSSR count). The van der Waals surface area contributed by atoms with E-state index in [-0.39, 0.29) is 11.6 Å². The number of amides is 2. The minimum absolute atomic E-state index is 0.156. The van der Waals surface area contributed by atoms with Crippen molar-refractivity contribution in [3.8, 4) is 0 Å². The van der Waals surface area contributed by atoms with Crippen LogP contribution in [0.1, 0.15) is 36.0 Å². The molecule has 0 bridgehead atoms. The summed E-state index contributed by atoms with van der Waals surface area (Å²) >= 11 is 1.13. The van der Waals surface area contributed by atoms with Crippen molar-refractivity contribution in [1.82, 2.24) is 0 Å². The third-order valence-electron chi connectivity index (χ3n) is 3.22. The van der Waals surface area contributed by atoms with Crippen LogP contribution in [0.4, 0.5) is 19.5 Å². The lowest BCUT2D eigenvalue weighted by atomic mass is 9.96. The highest BCUT2D eigenvalue weighted by molar-refractivity contribution is 7.18. The Kier molecular flexibility index (Phi) is 5.03. The normalized spacial score (nSPS) is 11.2. The van der Waals surface area contributed by atoms with E-state index in [0.29, 0.717) is 15.4 Å². The Morgan fingerprint density at radius 2 is 1.71 bits per heavy atom. The molecule has 2 amide bonds. The van der Waals surface area contributed by atoms with Crippen LogP contribution < -0.4 is 10.6 Å². The second-order valence-electron chi connectivity index (χ2n) is 6.41. The molecule has 1 aromatic carbocycles. The molecule has 2 aromatic rings. The fourth-order valence-corrected chi connectivity index (χ4v) is 2.79. The molecule has 0 atom stereocenters. The van der Waals surface area contributed by atoms with Gasteiger partial charge in [-0.2, -0.15) is 0 Å². The summed E-state index contributed by atoms with van der Waals surface area (Å²) in [5.74, 6) is -2.61. The van der Waals surface area contributed by atoms with E-state index < -0.39 is 23.0 Å². The van der Waals surface area contributed by atoms with Crippen molar-refractivity contribution in [2.75, 3.05) is 10.6 Å². The number of carbonyl (C=O) groups excluding carboxylic acids is 2. The Morgan fingerprint density at radius 3 is 2.29 bits per heavy atom. The van der Waals surface area contributed by atoms with Gasteiger partial charge in [-0.25, -0.2) is 8.78 Å². The maximum atomic E-state index is 13.2. The van der Waals surface area contributed by atoms with Gasteiger partial charge < -0.3 is 10.6 Å². The number of hydrogen-bond acceptors (Lipinski definition) is 3. The highest BCUT2D eigenvalue weighted by atomic mass is 32.1. The van der Waals surface area contributed by atoms with Crippen molar-refractivity contribution in [2.45, 2.75) is 27.7 Å². The number of carbonyl (C=O) groups is 2. The molecule has 0 spiro atoms. The van der Waals surface area contributed by atoms with E-state index in [0.717, 1.165) is 23.5 Å². The van der Waals surface area contributed by atoms with Gasteiger partial charge in [-0.3, -0.25) is 9.59 Å². The van der Waals surface area contributed by atoms with Crippen molar-refractivity contribution in [1.29, 1.82) is 0 Å². The first-order chi connectivity index (χ1) is 11.1. The summed E-state index contributed by atoms with van der Waals surface area (Å²) in [4.78, 5) is 24.7. The maximum Gasteiger partial charge on any atom is 0.266 e. The van der Waals surface area contributed by atoms with Crippen LogP contribution in [-0.4, -0.2) is 11.8 Å². The third-order valence-corrected chi connectivity index (χ3v) is 4.37. The number of halogens is 2. The maximum absolute atomic E-state index is 13.2. The molecule has 1 aromatic heterocycles. The number of benzene rings is 1. The summed E-state index contributed by atoms with van der Waals surface area (Å²) in [6, 6.07) is 4.84. The highest BCUT2D eigenvalue weighted by Gasteiger charge is 2.23. The molecule has 0 aliphatic heterocycles. The van der Waals surface area contributed by atoms with Gasteiger partial charge in [0.1, 0.15) is 0 Å². The van der Waals surface area contributed by atoms with E-state index in [2.05, 4.69) is 10.6 Å². The molecule has 0 saturated carbocycles. The molecule has 4 nitrogen and oxygen atoms in total. The fourth-order valence-electron chi connectivity index (χ4n) is 1.83. The van der Waals surface area contributed by atoms with Crippen LogP contribution in [0.3, 0.4) is 0 Å². The second-order valence-corrected chi connectivity index (χ2v) is 7.46. The topological polar surface area (TPSA) is 58.2 Å². The van der Waals surface area contributed by atoms with Crippen LogP contribution in [0.15, 0.2) is 24.3 Å². The minimum atomic E-state index is -1.03. The Balaban J connectivity index is 2.15. The lowest BCUT2D eigenvalue weighted by Crippen LogP contribution is -2.27. The van der Waals surface area contributed by atoms with Gasteiger partial charge in [0.05, 0.1) is 9.88 Å². The predicted molar refractivity (Wildman–Crippen MR) is 91.5 cm³/mol. The molecule has 0 saturated heterocycles. The van der Waals surface area contributed by atoms with E-state index >= 15 is 0 Å². The SMILES string of the molecule is Cc1cc(NC(=O)C(C)(C)C)sc1C(=O)Nc1ccc(F)c(F)c1. The van der Waals surface area contributed by atoms with Gasteiger partial charge in [-0.05, 0) is 30.7 Å². The fraction of sp³-hybridized carbons (Fsp3) is 0.294. The second kappa shape index (κ2) is 6.68. The Hall–Kier alpha value is -2.28. The average Bonchev–Trinajstić information content (AvgIpc) is 2.82. The first-order valence-corrected chi connectivity index (χ1v) is 8.08. The standard InChI is InChI=1S/C17H18F2N2O2S/c1-9-7-13(21-16(23)17(2,3)4)24-14(9)15(22)20-10-5-6-11(18)12(19)8-10/h5-8H,1-4H3,(H,20,22)(H,21,23). The molecule has 24 heavy (non-hydrogen) atoms. The number of thiophene rings is 1. The summed E-state index contributed by atoms with van der Waals surface area (Å²) in [7, 11) is 0. The van der Waals surface area contributed by atoms with Crippen LogP contribution in [0.2, 0.25) is 0 Å². The summed E-state index contributed by atoms with van der Waals surface area (Å²) < 4.78 is 26.1. The van der Waals surface area contributed by atoms with Gasteiger partial charge in [0.15, 0.2) is 11.6 Å². The molecule has 0 aliphatic carbocycles. The van der Waals surface area contributed by atoms with E-state index in [1.54, 1.807) is 33.8 Å². The molecule has 1 heterocycles. The molecule has 2 N–H and O–H groups in total. The Labute approximate surface area is 142 Å². The van der Waals surface area contributed by atoms with Crippen LogP contribution in [0.5, 0.6) is 0 Å². The van der Waals surface area contributed by atoms with Gasteiger partial charge in [0.2, 0.25) is 5.91 Å². The molecule has 0 radical (unpaired) electrons. The highest BCUT2D eigenvalue weighted by Crippen LogP contribution is 2.29. The van der Waals surface area contributed by atoms with Crippen molar-refractivity contribution < 1.29 is 18.4 Å². The first-order valence-electron chi connectivity index (χ1n) is 7.26. The molecular weight excluding hydrogens is 334 g/mol. The molecule has 0 unspecified atom stereocenters. The quantitative estimate of drug-likeness (QED) is 0.850. The van der Waals surface area contributed by atoms with Gasteiger partial charge in [-0.1, -0.05) is 20.8 Å². The minimum Gasteiger partial charge on any atom is -0.321 e. The zero-order valence-electron chi connectivity index (χ0n) is 13.8. The van der Waals surface area contributed by atoms with Crippen molar-refractivity contribution in [3.05, 3.63) is 46.3 Å². The largest absolute Gasteiger partial charge is 0.321 e. The zero-order chi connectivity index (χ0) is 18.1. The number of aryl methyl sites for hydroxylation is 1. The number of nitrogens with one attached hydrogen (secondary N) is 2. The van der Waals surface area contributed by atoms with Crippen molar-refractivity contribution >= 4 is 33.8 Å². The average molecular weight is 352 g/mol. The zero-order valence-corrected chi connectivity index (χ0v) is 14.6. The lowest BCUT2D eigenvalue weighted by Gasteiger charge is -2.16. The van der Waals surface area contributed by atoms with Crippen molar-refractivity contribution in [3.63, 3.8) is 0 Å². The van der Waals surface area contributed by atoms with Gasteiger partial charge in [0.25, 0.3) is 5.91 Å².